The number of benzene rings is 1. The van der Waals surface area contributed by atoms with Crippen molar-refractivity contribution in [2.24, 2.45) is 0 Å². The van der Waals surface area contributed by atoms with E-state index in [0.29, 0.717) is 19.5 Å². The summed E-state index contributed by atoms with van der Waals surface area (Å²) >= 11 is 1.75. The fourth-order valence-electron chi connectivity index (χ4n) is 4.17. The van der Waals surface area contributed by atoms with Gasteiger partial charge in [-0.3, -0.25) is 14.5 Å². The molecule has 1 atom stereocenters. The Labute approximate surface area is 169 Å². The van der Waals surface area contributed by atoms with E-state index in [4.69, 9.17) is 4.98 Å². The summed E-state index contributed by atoms with van der Waals surface area (Å²) in [7, 11) is 0. The number of amides is 2. The Balaban J connectivity index is 1.29. The molecule has 2 fully saturated rings. The number of hydrogen-bond acceptors (Lipinski definition) is 5. The number of carbonyl (C=O) groups excluding carboxylic acids is 2. The standard InChI is InChI=1S/C21H28N4O2S/c26-19(22-11-6-14-24-13-5-10-20(24)27)15-25-12-4-3-8-17(25)21-23-16-7-1-2-9-18(16)28-21/h1-2,7,9,17H,3-6,8,10-15H2,(H,22,26). The summed E-state index contributed by atoms with van der Waals surface area (Å²) < 4.78 is 1.21. The highest BCUT2D eigenvalue weighted by molar-refractivity contribution is 7.18. The van der Waals surface area contributed by atoms with E-state index in [2.05, 4.69) is 22.3 Å². The largest absolute Gasteiger partial charge is 0.355 e. The predicted molar refractivity (Wildman–Crippen MR) is 111 cm³/mol. The molecule has 7 heteroatoms. The Kier molecular flexibility index (Phi) is 6.22. The van der Waals surface area contributed by atoms with Crippen LogP contribution in [0.3, 0.4) is 0 Å². The van der Waals surface area contributed by atoms with Crippen LogP contribution < -0.4 is 5.32 Å². The second-order valence-corrected chi connectivity index (χ2v) is 8.75. The van der Waals surface area contributed by atoms with Crippen molar-refractivity contribution in [2.75, 3.05) is 32.7 Å². The van der Waals surface area contributed by atoms with Crippen LogP contribution in [0.5, 0.6) is 0 Å². The molecule has 0 aliphatic carbocycles. The molecule has 1 aromatic carbocycles. The summed E-state index contributed by atoms with van der Waals surface area (Å²) in [5, 5.41) is 4.16. The molecule has 2 aromatic rings. The third-order valence-corrected chi connectivity index (χ3v) is 6.79. The Morgan fingerprint density at radius 1 is 1.21 bits per heavy atom. The van der Waals surface area contributed by atoms with Gasteiger partial charge in [0.05, 0.1) is 22.8 Å². The molecule has 2 aliphatic rings. The molecule has 0 bridgehead atoms. The number of rotatable bonds is 7. The van der Waals surface area contributed by atoms with Gasteiger partial charge >= 0.3 is 0 Å². The van der Waals surface area contributed by atoms with Gasteiger partial charge in [0, 0.05) is 26.1 Å². The molecular formula is C21H28N4O2S. The van der Waals surface area contributed by atoms with E-state index in [0.717, 1.165) is 55.8 Å². The molecule has 3 heterocycles. The maximum absolute atomic E-state index is 12.5. The molecule has 1 unspecified atom stereocenters. The van der Waals surface area contributed by atoms with Gasteiger partial charge in [-0.15, -0.1) is 11.3 Å². The van der Waals surface area contributed by atoms with Crippen LogP contribution in [0.1, 0.15) is 49.6 Å². The number of fused-ring (bicyclic) bond motifs is 1. The average Bonchev–Trinajstić information content (AvgIpc) is 3.31. The molecule has 6 nitrogen and oxygen atoms in total. The van der Waals surface area contributed by atoms with Gasteiger partial charge in [0.2, 0.25) is 11.8 Å². The lowest BCUT2D eigenvalue weighted by Crippen LogP contribution is -2.42. The van der Waals surface area contributed by atoms with E-state index < -0.39 is 0 Å². The van der Waals surface area contributed by atoms with Gasteiger partial charge in [0.25, 0.3) is 0 Å². The van der Waals surface area contributed by atoms with Gasteiger partial charge in [-0.05, 0) is 44.4 Å². The third-order valence-electron chi connectivity index (χ3n) is 5.65. The summed E-state index contributed by atoms with van der Waals surface area (Å²) in [6, 6.07) is 8.47. The molecule has 1 N–H and O–H groups in total. The van der Waals surface area contributed by atoms with Crippen molar-refractivity contribution >= 4 is 33.4 Å². The van der Waals surface area contributed by atoms with Gasteiger partial charge in [0.15, 0.2) is 0 Å². The number of carbonyl (C=O) groups is 2. The summed E-state index contributed by atoms with van der Waals surface area (Å²) in [4.78, 5) is 33.1. The van der Waals surface area contributed by atoms with E-state index in [-0.39, 0.29) is 17.9 Å². The third kappa shape index (κ3) is 4.52. The average molecular weight is 401 g/mol. The fourth-order valence-corrected chi connectivity index (χ4v) is 5.31. The molecule has 2 saturated heterocycles. The number of piperidine rings is 1. The maximum Gasteiger partial charge on any atom is 0.234 e. The molecule has 150 valence electrons. The lowest BCUT2D eigenvalue weighted by atomic mass is 10.0. The lowest BCUT2D eigenvalue weighted by molar-refractivity contribution is -0.127. The second-order valence-electron chi connectivity index (χ2n) is 7.69. The first-order valence-electron chi connectivity index (χ1n) is 10.3. The summed E-state index contributed by atoms with van der Waals surface area (Å²) in [6.07, 6.45) is 5.83. The highest BCUT2D eigenvalue weighted by Crippen LogP contribution is 2.35. The number of para-hydroxylation sites is 1. The molecule has 0 radical (unpaired) electrons. The van der Waals surface area contributed by atoms with Crippen LogP contribution >= 0.6 is 11.3 Å². The number of likely N-dealkylation sites (tertiary alicyclic amines) is 2. The summed E-state index contributed by atoms with van der Waals surface area (Å²) in [5.41, 5.74) is 1.05. The van der Waals surface area contributed by atoms with Gasteiger partial charge in [0.1, 0.15) is 5.01 Å². The van der Waals surface area contributed by atoms with E-state index >= 15 is 0 Å². The van der Waals surface area contributed by atoms with Crippen molar-refractivity contribution in [1.82, 2.24) is 20.1 Å². The van der Waals surface area contributed by atoms with E-state index in [1.54, 1.807) is 11.3 Å². The predicted octanol–water partition coefficient (Wildman–Crippen LogP) is 2.95. The molecule has 2 aliphatic heterocycles. The van der Waals surface area contributed by atoms with Crippen molar-refractivity contribution in [1.29, 1.82) is 0 Å². The number of hydrogen-bond donors (Lipinski definition) is 1. The molecule has 28 heavy (non-hydrogen) atoms. The lowest BCUT2D eigenvalue weighted by Gasteiger charge is -2.33. The molecule has 1 aromatic heterocycles. The van der Waals surface area contributed by atoms with Crippen LogP contribution in [0.15, 0.2) is 24.3 Å². The molecule has 0 spiro atoms. The zero-order valence-electron chi connectivity index (χ0n) is 16.2. The van der Waals surface area contributed by atoms with Crippen LogP contribution in [0.2, 0.25) is 0 Å². The SMILES string of the molecule is O=C(CN1CCCCC1c1nc2ccccc2s1)NCCCN1CCCC1=O. The summed E-state index contributed by atoms with van der Waals surface area (Å²) in [6.45, 7) is 3.60. The second kappa shape index (κ2) is 9.01. The Morgan fingerprint density at radius 3 is 2.93 bits per heavy atom. The number of thiazole rings is 1. The van der Waals surface area contributed by atoms with Crippen LogP contribution in [0, 0.1) is 0 Å². The first kappa shape index (κ1) is 19.3. The highest BCUT2D eigenvalue weighted by Gasteiger charge is 2.28. The van der Waals surface area contributed by atoms with Crippen molar-refractivity contribution in [3.8, 4) is 0 Å². The first-order valence-corrected chi connectivity index (χ1v) is 11.2. The van der Waals surface area contributed by atoms with Crippen molar-refractivity contribution < 1.29 is 9.59 Å². The van der Waals surface area contributed by atoms with E-state index in [1.165, 1.54) is 11.1 Å². The highest BCUT2D eigenvalue weighted by atomic mass is 32.1. The maximum atomic E-state index is 12.5. The zero-order valence-corrected chi connectivity index (χ0v) is 17.0. The number of nitrogens with one attached hydrogen (secondary N) is 1. The number of nitrogens with zero attached hydrogens (tertiary/aromatic N) is 3. The molecular weight excluding hydrogens is 372 g/mol. The van der Waals surface area contributed by atoms with E-state index in [9.17, 15) is 9.59 Å². The first-order chi connectivity index (χ1) is 13.7. The quantitative estimate of drug-likeness (QED) is 0.726. The minimum absolute atomic E-state index is 0.0701. The Hall–Kier alpha value is -1.99. The normalized spacial score (nSPS) is 20.8. The van der Waals surface area contributed by atoms with Gasteiger partial charge < -0.3 is 10.2 Å². The monoisotopic (exact) mass is 400 g/mol. The fraction of sp³-hybridized carbons (Fsp3) is 0.571. The smallest absolute Gasteiger partial charge is 0.234 e. The van der Waals surface area contributed by atoms with Crippen LogP contribution in [-0.2, 0) is 9.59 Å². The molecule has 2 amide bonds. The number of aromatic nitrogens is 1. The molecule has 0 saturated carbocycles. The van der Waals surface area contributed by atoms with E-state index in [1.807, 2.05) is 17.0 Å². The van der Waals surface area contributed by atoms with Crippen molar-refractivity contribution in [3.63, 3.8) is 0 Å². The van der Waals surface area contributed by atoms with Crippen LogP contribution in [-0.4, -0.2) is 59.3 Å². The Morgan fingerprint density at radius 2 is 2.11 bits per heavy atom. The van der Waals surface area contributed by atoms with Gasteiger partial charge in [-0.25, -0.2) is 4.98 Å². The van der Waals surface area contributed by atoms with Gasteiger partial charge in [-0.2, -0.15) is 0 Å². The van der Waals surface area contributed by atoms with Crippen LogP contribution in [0.25, 0.3) is 10.2 Å². The zero-order chi connectivity index (χ0) is 19.3. The Bertz CT molecular complexity index is 804. The minimum Gasteiger partial charge on any atom is -0.355 e. The topological polar surface area (TPSA) is 65.5 Å². The van der Waals surface area contributed by atoms with Crippen LogP contribution in [0.4, 0.5) is 0 Å². The minimum atomic E-state index is 0.0701. The van der Waals surface area contributed by atoms with Crippen molar-refractivity contribution in [3.05, 3.63) is 29.3 Å². The molecule has 4 rings (SSSR count). The van der Waals surface area contributed by atoms with Gasteiger partial charge in [-0.1, -0.05) is 18.6 Å². The summed E-state index contributed by atoms with van der Waals surface area (Å²) in [5.74, 6) is 0.319. The van der Waals surface area contributed by atoms with Crippen molar-refractivity contribution in [2.45, 2.75) is 44.6 Å².